The second kappa shape index (κ2) is 7.81. The van der Waals surface area contributed by atoms with E-state index in [1.807, 2.05) is 0 Å². The van der Waals surface area contributed by atoms with Gasteiger partial charge in [0.2, 0.25) is 5.91 Å². The van der Waals surface area contributed by atoms with E-state index in [0.717, 1.165) is 5.56 Å². The van der Waals surface area contributed by atoms with Gasteiger partial charge in [-0.1, -0.05) is 36.2 Å². The fourth-order valence-corrected chi connectivity index (χ4v) is 2.43. The van der Waals surface area contributed by atoms with Crippen molar-refractivity contribution >= 4 is 35.1 Å². The Balaban J connectivity index is 2.78. The van der Waals surface area contributed by atoms with Gasteiger partial charge in [0.15, 0.2) is 5.54 Å². The molecule has 0 radical (unpaired) electrons. The van der Waals surface area contributed by atoms with Gasteiger partial charge >= 0.3 is 5.97 Å². The Labute approximate surface area is 139 Å². The summed E-state index contributed by atoms with van der Waals surface area (Å²) >= 11 is 11.9. The summed E-state index contributed by atoms with van der Waals surface area (Å²) in [5, 5.41) is 12.7. The Morgan fingerprint density at radius 1 is 1.41 bits per heavy atom. The van der Waals surface area contributed by atoms with Gasteiger partial charge in [0.05, 0.1) is 6.61 Å². The molecule has 0 aliphatic rings. The molecule has 0 aliphatic carbocycles. The van der Waals surface area contributed by atoms with Crippen molar-refractivity contribution in [3.63, 3.8) is 0 Å². The number of carboxylic acid groups (broad SMARTS) is 1. The van der Waals surface area contributed by atoms with Crippen LogP contribution in [0.5, 0.6) is 0 Å². The first-order valence-corrected chi connectivity index (χ1v) is 7.43. The average Bonchev–Trinajstić information content (AvgIpc) is 2.41. The van der Waals surface area contributed by atoms with Crippen LogP contribution < -0.4 is 5.32 Å². The highest BCUT2D eigenvalue weighted by atomic mass is 35.5. The predicted octanol–water partition coefficient (Wildman–Crippen LogP) is 2.78. The first-order chi connectivity index (χ1) is 10.2. The number of rotatable bonds is 7. The van der Waals surface area contributed by atoms with Crippen LogP contribution in [-0.2, 0) is 20.7 Å². The topological polar surface area (TPSA) is 75.6 Å². The third kappa shape index (κ3) is 4.87. The van der Waals surface area contributed by atoms with Crippen molar-refractivity contribution in [1.29, 1.82) is 0 Å². The molecule has 0 aliphatic heterocycles. The van der Waals surface area contributed by atoms with Crippen LogP contribution in [0.25, 0.3) is 0 Å². The van der Waals surface area contributed by atoms with E-state index in [2.05, 4.69) is 5.32 Å². The maximum atomic E-state index is 12.2. The van der Waals surface area contributed by atoms with Crippen LogP contribution in [0.2, 0.25) is 10.0 Å². The molecule has 0 heterocycles. The summed E-state index contributed by atoms with van der Waals surface area (Å²) in [6.07, 6.45) is 0.379. The Bertz CT molecular complexity index is 564. The van der Waals surface area contributed by atoms with Crippen molar-refractivity contribution in [2.45, 2.75) is 25.8 Å². The molecule has 1 aromatic rings. The zero-order valence-corrected chi connectivity index (χ0v) is 14.2. The standard InChI is InChI=1S/C15H19Cl2NO4/c1-9(6-10-4-5-11(16)7-12(10)17)13(19)18-15(2,8-22-3)14(20)21/h4-5,7,9H,6,8H2,1-3H3,(H,18,19)(H,20,21). The lowest BCUT2D eigenvalue weighted by molar-refractivity contribution is -0.149. The normalized spacial score (nSPS) is 15.0. The minimum atomic E-state index is -1.47. The number of hydrogen-bond acceptors (Lipinski definition) is 3. The molecule has 0 spiro atoms. The molecule has 5 nitrogen and oxygen atoms in total. The van der Waals surface area contributed by atoms with Gasteiger partial charge in [0.25, 0.3) is 0 Å². The number of carboxylic acids is 1. The van der Waals surface area contributed by atoms with E-state index in [1.165, 1.54) is 14.0 Å². The average molecular weight is 348 g/mol. The molecule has 2 N–H and O–H groups in total. The van der Waals surface area contributed by atoms with Gasteiger partial charge in [-0.05, 0) is 31.0 Å². The third-order valence-corrected chi connectivity index (χ3v) is 3.88. The zero-order chi connectivity index (χ0) is 16.9. The minimum absolute atomic E-state index is 0.123. The van der Waals surface area contributed by atoms with E-state index in [-0.39, 0.29) is 12.5 Å². The summed E-state index contributed by atoms with van der Waals surface area (Å²) in [5.74, 6) is -1.98. The maximum absolute atomic E-state index is 12.2. The van der Waals surface area contributed by atoms with E-state index in [1.54, 1.807) is 25.1 Å². The maximum Gasteiger partial charge on any atom is 0.331 e. The summed E-state index contributed by atoms with van der Waals surface area (Å²) < 4.78 is 4.87. The Morgan fingerprint density at radius 3 is 2.55 bits per heavy atom. The number of halogens is 2. The third-order valence-electron chi connectivity index (χ3n) is 3.29. The second-order valence-electron chi connectivity index (χ2n) is 5.40. The van der Waals surface area contributed by atoms with Crippen molar-refractivity contribution in [3.05, 3.63) is 33.8 Å². The van der Waals surface area contributed by atoms with E-state index in [0.29, 0.717) is 16.5 Å². The molecule has 0 fully saturated rings. The molecule has 0 bridgehead atoms. The summed E-state index contributed by atoms with van der Waals surface area (Å²) in [6, 6.07) is 5.05. The number of benzene rings is 1. The van der Waals surface area contributed by atoms with Gasteiger partial charge in [0, 0.05) is 23.1 Å². The summed E-state index contributed by atoms with van der Waals surface area (Å²) in [7, 11) is 1.38. The largest absolute Gasteiger partial charge is 0.479 e. The molecule has 0 aromatic heterocycles. The smallest absolute Gasteiger partial charge is 0.331 e. The molecule has 22 heavy (non-hydrogen) atoms. The molecule has 122 valence electrons. The number of ether oxygens (including phenoxy) is 1. The molecule has 1 rings (SSSR count). The number of hydrogen-bond donors (Lipinski definition) is 2. The lowest BCUT2D eigenvalue weighted by Crippen LogP contribution is -2.56. The van der Waals surface area contributed by atoms with Gasteiger partial charge in [-0.15, -0.1) is 0 Å². The van der Waals surface area contributed by atoms with Crippen molar-refractivity contribution in [3.8, 4) is 0 Å². The number of amides is 1. The first kappa shape index (κ1) is 18.7. The monoisotopic (exact) mass is 347 g/mol. The number of aliphatic carboxylic acids is 1. The predicted molar refractivity (Wildman–Crippen MR) is 85.4 cm³/mol. The van der Waals surface area contributed by atoms with Gasteiger partial charge in [0.1, 0.15) is 0 Å². The highest BCUT2D eigenvalue weighted by Crippen LogP contribution is 2.23. The van der Waals surface area contributed by atoms with Gasteiger partial charge in [-0.25, -0.2) is 4.79 Å². The summed E-state index contributed by atoms with van der Waals surface area (Å²) in [6.45, 7) is 2.98. The molecule has 1 amide bonds. The van der Waals surface area contributed by atoms with Gasteiger partial charge in [-0.3, -0.25) is 4.79 Å². The molecular formula is C15H19Cl2NO4. The molecule has 2 atom stereocenters. The zero-order valence-electron chi connectivity index (χ0n) is 12.7. The van der Waals surface area contributed by atoms with Crippen molar-refractivity contribution < 1.29 is 19.4 Å². The molecular weight excluding hydrogens is 329 g/mol. The number of carbonyl (C=O) groups excluding carboxylic acids is 1. The molecule has 2 unspecified atom stereocenters. The fraction of sp³-hybridized carbons (Fsp3) is 0.467. The van der Waals surface area contributed by atoms with E-state index < -0.39 is 17.4 Å². The molecule has 7 heteroatoms. The molecule has 1 aromatic carbocycles. The highest BCUT2D eigenvalue weighted by Gasteiger charge is 2.36. The molecule has 0 saturated carbocycles. The first-order valence-electron chi connectivity index (χ1n) is 6.68. The van der Waals surface area contributed by atoms with E-state index in [4.69, 9.17) is 27.9 Å². The SMILES string of the molecule is COCC(C)(NC(=O)C(C)Cc1ccc(Cl)cc1Cl)C(=O)O. The second-order valence-corrected chi connectivity index (χ2v) is 6.24. The molecule has 0 saturated heterocycles. The van der Waals surface area contributed by atoms with E-state index >= 15 is 0 Å². The van der Waals surface area contributed by atoms with Crippen molar-refractivity contribution in [2.24, 2.45) is 5.92 Å². The van der Waals surface area contributed by atoms with Crippen LogP contribution in [0.15, 0.2) is 18.2 Å². The van der Waals surface area contributed by atoms with Crippen LogP contribution >= 0.6 is 23.2 Å². The van der Waals surface area contributed by atoms with Crippen LogP contribution in [0.3, 0.4) is 0 Å². The van der Waals surface area contributed by atoms with Crippen LogP contribution in [-0.4, -0.2) is 36.2 Å². The minimum Gasteiger partial charge on any atom is -0.479 e. The Hall–Kier alpha value is -1.30. The van der Waals surface area contributed by atoms with E-state index in [9.17, 15) is 14.7 Å². The fourth-order valence-electron chi connectivity index (χ4n) is 1.94. The lowest BCUT2D eigenvalue weighted by Gasteiger charge is -2.27. The lowest BCUT2D eigenvalue weighted by atomic mass is 9.97. The summed E-state index contributed by atoms with van der Waals surface area (Å²) in [5.41, 5.74) is -0.693. The Kier molecular flexibility index (Phi) is 6.66. The Morgan fingerprint density at radius 2 is 2.05 bits per heavy atom. The van der Waals surface area contributed by atoms with Crippen LogP contribution in [0, 0.1) is 5.92 Å². The van der Waals surface area contributed by atoms with Crippen LogP contribution in [0.1, 0.15) is 19.4 Å². The van der Waals surface area contributed by atoms with Crippen LogP contribution in [0.4, 0.5) is 0 Å². The van der Waals surface area contributed by atoms with Gasteiger partial charge < -0.3 is 15.2 Å². The number of carbonyl (C=O) groups is 2. The quantitative estimate of drug-likeness (QED) is 0.795. The van der Waals surface area contributed by atoms with Crippen molar-refractivity contribution in [1.82, 2.24) is 5.32 Å². The van der Waals surface area contributed by atoms with Crippen molar-refractivity contribution in [2.75, 3.05) is 13.7 Å². The van der Waals surface area contributed by atoms with Gasteiger partial charge in [-0.2, -0.15) is 0 Å². The number of nitrogens with one attached hydrogen (secondary N) is 1. The number of methoxy groups -OCH3 is 1. The highest BCUT2D eigenvalue weighted by molar-refractivity contribution is 6.35. The summed E-state index contributed by atoms with van der Waals surface area (Å²) in [4.78, 5) is 23.5.